The Balaban J connectivity index is 2.18. The molecule has 18 heavy (non-hydrogen) atoms. The van der Waals surface area contributed by atoms with Gasteiger partial charge in [0.15, 0.2) is 0 Å². The molecule has 1 atom stereocenters. The smallest absolute Gasteiger partial charge is 0.311 e. The van der Waals surface area contributed by atoms with Crippen molar-refractivity contribution >= 4 is 27.8 Å². The summed E-state index contributed by atoms with van der Waals surface area (Å²) < 4.78 is 0.624. The van der Waals surface area contributed by atoms with E-state index >= 15 is 0 Å². The van der Waals surface area contributed by atoms with Crippen LogP contribution in [0.2, 0.25) is 0 Å². The maximum absolute atomic E-state index is 12.3. The third kappa shape index (κ3) is 2.25. The number of rotatable bonds is 2. The highest BCUT2D eigenvalue weighted by atomic mass is 79.9. The van der Waals surface area contributed by atoms with Crippen LogP contribution in [-0.4, -0.2) is 40.0 Å². The average molecular weight is 313 g/mol. The van der Waals surface area contributed by atoms with Gasteiger partial charge in [-0.2, -0.15) is 0 Å². The normalized spacial score (nSPS) is 23.1. The molecule has 1 aromatic rings. The van der Waals surface area contributed by atoms with E-state index in [1.54, 1.807) is 30.3 Å². The Morgan fingerprint density at radius 2 is 2.28 bits per heavy atom. The van der Waals surface area contributed by atoms with Gasteiger partial charge in [0.25, 0.3) is 5.91 Å². The molecule has 1 aliphatic rings. The van der Waals surface area contributed by atoms with Gasteiger partial charge in [0.1, 0.15) is 0 Å². The molecule has 0 spiro atoms. The second-order valence-corrected chi connectivity index (χ2v) is 5.55. The number of amides is 1. The van der Waals surface area contributed by atoms with Crippen LogP contribution in [0.3, 0.4) is 0 Å². The highest BCUT2D eigenvalue weighted by Crippen LogP contribution is 2.31. The molecule has 0 radical (unpaired) electrons. The van der Waals surface area contributed by atoms with Gasteiger partial charge < -0.3 is 10.0 Å². The van der Waals surface area contributed by atoms with Gasteiger partial charge >= 0.3 is 5.97 Å². The lowest BCUT2D eigenvalue weighted by molar-refractivity contribution is -0.147. The zero-order chi connectivity index (χ0) is 13.3. The molecule has 6 heteroatoms. The first-order valence-corrected chi connectivity index (χ1v) is 6.35. The minimum atomic E-state index is -0.855. The number of carbonyl (C=O) groups is 2. The topological polar surface area (TPSA) is 70.5 Å². The largest absolute Gasteiger partial charge is 0.481 e. The Hall–Kier alpha value is -1.43. The first-order valence-electron chi connectivity index (χ1n) is 5.56. The van der Waals surface area contributed by atoms with Gasteiger partial charge in [-0.15, -0.1) is 0 Å². The van der Waals surface area contributed by atoms with Gasteiger partial charge in [-0.25, -0.2) is 0 Å². The maximum Gasteiger partial charge on any atom is 0.311 e. The van der Waals surface area contributed by atoms with Gasteiger partial charge in [-0.1, -0.05) is 0 Å². The third-order valence-electron chi connectivity index (χ3n) is 3.28. The molecule has 1 aromatic heterocycles. The molecule has 2 heterocycles. The van der Waals surface area contributed by atoms with E-state index in [2.05, 4.69) is 20.9 Å². The Bertz CT molecular complexity index is 506. The first-order chi connectivity index (χ1) is 8.44. The number of carboxylic acid groups (broad SMARTS) is 1. The summed E-state index contributed by atoms with van der Waals surface area (Å²) in [5, 5.41) is 9.14. The van der Waals surface area contributed by atoms with Crippen molar-refractivity contribution in [3.8, 4) is 0 Å². The lowest BCUT2D eigenvalue weighted by Crippen LogP contribution is -2.35. The third-order valence-corrected chi connectivity index (χ3v) is 3.91. The van der Waals surface area contributed by atoms with E-state index in [9.17, 15) is 9.59 Å². The Labute approximate surface area is 113 Å². The quantitative estimate of drug-likeness (QED) is 0.903. The van der Waals surface area contributed by atoms with Crippen molar-refractivity contribution in [1.82, 2.24) is 9.88 Å². The number of likely N-dealkylation sites (tertiary alicyclic amines) is 1. The lowest BCUT2D eigenvalue weighted by atomic mass is 9.90. The summed E-state index contributed by atoms with van der Waals surface area (Å²) in [5.74, 6) is -1.01. The zero-order valence-electron chi connectivity index (χ0n) is 9.89. The van der Waals surface area contributed by atoms with E-state index in [4.69, 9.17) is 5.11 Å². The van der Waals surface area contributed by atoms with Crippen molar-refractivity contribution < 1.29 is 14.7 Å². The van der Waals surface area contributed by atoms with Gasteiger partial charge in [0, 0.05) is 30.0 Å². The predicted octanol–water partition coefficient (Wildman–Crippen LogP) is 1.78. The number of hydrogen-bond donors (Lipinski definition) is 1. The SMILES string of the molecule is C[C@]1(C(=O)O)CCN(C(=O)c2ccncc2Br)C1. The minimum Gasteiger partial charge on any atom is -0.481 e. The summed E-state index contributed by atoms with van der Waals surface area (Å²) in [5.41, 5.74) is -0.325. The van der Waals surface area contributed by atoms with Crippen molar-refractivity contribution in [3.63, 3.8) is 0 Å². The number of pyridine rings is 1. The fourth-order valence-electron chi connectivity index (χ4n) is 2.03. The molecule has 0 unspecified atom stereocenters. The summed E-state index contributed by atoms with van der Waals surface area (Å²) >= 11 is 3.28. The molecule has 0 aliphatic carbocycles. The van der Waals surface area contributed by atoms with Crippen LogP contribution in [0.25, 0.3) is 0 Å². The number of halogens is 1. The molecule has 1 fully saturated rings. The van der Waals surface area contributed by atoms with Crippen LogP contribution in [0.5, 0.6) is 0 Å². The lowest BCUT2D eigenvalue weighted by Gasteiger charge is -2.20. The van der Waals surface area contributed by atoms with Crippen LogP contribution in [0, 0.1) is 5.41 Å². The number of aromatic nitrogens is 1. The van der Waals surface area contributed by atoms with Gasteiger partial charge in [0.2, 0.25) is 0 Å². The van der Waals surface area contributed by atoms with E-state index in [0.29, 0.717) is 23.0 Å². The molecule has 96 valence electrons. The molecule has 1 N–H and O–H groups in total. The van der Waals surface area contributed by atoms with Gasteiger partial charge in [0.05, 0.1) is 11.0 Å². The number of carboxylic acids is 1. The molecule has 2 rings (SSSR count). The van der Waals surface area contributed by atoms with Crippen LogP contribution in [0.4, 0.5) is 0 Å². The van der Waals surface area contributed by atoms with Crippen LogP contribution >= 0.6 is 15.9 Å². The van der Waals surface area contributed by atoms with Gasteiger partial charge in [-0.3, -0.25) is 14.6 Å². The van der Waals surface area contributed by atoms with Crippen LogP contribution in [0.15, 0.2) is 22.9 Å². The van der Waals surface area contributed by atoms with Gasteiger partial charge in [-0.05, 0) is 35.3 Å². The monoisotopic (exact) mass is 312 g/mol. The molecule has 0 aromatic carbocycles. The van der Waals surface area contributed by atoms with Crippen molar-refractivity contribution in [3.05, 3.63) is 28.5 Å². The second kappa shape index (κ2) is 4.68. The van der Waals surface area contributed by atoms with E-state index < -0.39 is 11.4 Å². The summed E-state index contributed by atoms with van der Waals surface area (Å²) in [4.78, 5) is 28.9. The summed E-state index contributed by atoms with van der Waals surface area (Å²) in [6.45, 7) is 2.39. The molecular weight excluding hydrogens is 300 g/mol. The number of carbonyl (C=O) groups excluding carboxylic acids is 1. The second-order valence-electron chi connectivity index (χ2n) is 4.70. The van der Waals surface area contributed by atoms with Crippen molar-refractivity contribution in [2.75, 3.05) is 13.1 Å². The number of hydrogen-bond acceptors (Lipinski definition) is 3. The zero-order valence-corrected chi connectivity index (χ0v) is 11.5. The van der Waals surface area contributed by atoms with E-state index in [-0.39, 0.29) is 12.5 Å². The fourth-order valence-corrected chi connectivity index (χ4v) is 2.45. The summed E-state index contributed by atoms with van der Waals surface area (Å²) in [6.07, 6.45) is 3.58. The predicted molar refractivity (Wildman–Crippen MR) is 68.2 cm³/mol. The Morgan fingerprint density at radius 3 is 2.83 bits per heavy atom. The molecule has 1 aliphatic heterocycles. The molecule has 0 saturated carbocycles. The molecular formula is C12H13BrN2O3. The standard InChI is InChI=1S/C12H13BrN2O3/c1-12(11(17)18)3-5-15(7-12)10(16)8-2-4-14-6-9(8)13/h2,4,6H,3,5,7H2,1H3,(H,17,18)/t12-/m0/s1. The Morgan fingerprint density at radius 1 is 1.56 bits per heavy atom. The van der Waals surface area contributed by atoms with Crippen molar-refractivity contribution in [2.24, 2.45) is 5.41 Å². The fraction of sp³-hybridized carbons (Fsp3) is 0.417. The van der Waals surface area contributed by atoms with E-state index in [0.717, 1.165) is 0 Å². The van der Waals surface area contributed by atoms with Crippen molar-refractivity contribution in [2.45, 2.75) is 13.3 Å². The molecule has 1 saturated heterocycles. The molecule has 5 nitrogen and oxygen atoms in total. The molecule has 1 amide bonds. The summed E-state index contributed by atoms with van der Waals surface area (Å²) in [7, 11) is 0. The van der Waals surface area contributed by atoms with Crippen LogP contribution < -0.4 is 0 Å². The Kier molecular flexibility index (Phi) is 3.38. The molecule has 0 bridgehead atoms. The minimum absolute atomic E-state index is 0.158. The first kappa shape index (κ1) is 13.0. The van der Waals surface area contributed by atoms with E-state index in [1.165, 1.54) is 0 Å². The maximum atomic E-state index is 12.3. The highest BCUT2D eigenvalue weighted by Gasteiger charge is 2.42. The highest BCUT2D eigenvalue weighted by molar-refractivity contribution is 9.10. The van der Waals surface area contributed by atoms with Crippen LogP contribution in [-0.2, 0) is 4.79 Å². The van der Waals surface area contributed by atoms with Crippen LogP contribution in [0.1, 0.15) is 23.7 Å². The average Bonchev–Trinajstić information content (AvgIpc) is 2.73. The number of nitrogens with zero attached hydrogens (tertiary/aromatic N) is 2. The van der Waals surface area contributed by atoms with Crippen molar-refractivity contribution in [1.29, 1.82) is 0 Å². The number of aliphatic carboxylic acids is 1. The van der Waals surface area contributed by atoms with E-state index in [1.807, 2.05) is 0 Å². The summed E-state index contributed by atoms with van der Waals surface area (Å²) in [6, 6.07) is 1.63.